The average Bonchev–Trinajstić information content (AvgIpc) is 2.73. The highest BCUT2D eigenvalue weighted by atomic mass is 79.9. The second-order valence-corrected chi connectivity index (χ2v) is 4.48. The molecule has 1 N–H and O–H groups in total. The van der Waals surface area contributed by atoms with E-state index in [4.69, 9.17) is 0 Å². The van der Waals surface area contributed by atoms with Crippen LogP contribution in [0.3, 0.4) is 0 Å². The highest BCUT2D eigenvalue weighted by Crippen LogP contribution is 2.26. The predicted octanol–water partition coefficient (Wildman–Crippen LogP) is 3.36. The van der Waals surface area contributed by atoms with Crippen LogP contribution in [0.2, 0.25) is 0 Å². The van der Waals surface area contributed by atoms with Crippen LogP contribution < -0.4 is 0 Å². The van der Waals surface area contributed by atoms with E-state index in [1.807, 2.05) is 11.4 Å². The van der Waals surface area contributed by atoms with Gasteiger partial charge in [-0.3, -0.25) is 0 Å². The van der Waals surface area contributed by atoms with Gasteiger partial charge >= 0.3 is 0 Å². The van der Waals surface area contributed by atoms with Gasteiger partial charge in [0.25, 0.3) is 0 Å². The van der Waals surface area contributed by atoms with Crippen LogP contribution in [0.25, 0.3) is 0 Å². The lowest BCUT2D eigenvalue weighted by atomic mass is 10.2. The maximum absolute atomic E-state index is 9.67. The Hall–Kier alpha value is -1.20. The molecule has 0 saturated heterocycles. The lowest BCUT2D eigenvalue weighted by molar-refractivity contribution is 0.471. The number of hydrogen-bond donors (Lipinski definition) is 1. The normalized spacial score (nSPS) is 11.0. The van der Waals surface area contributed by atoms with E-state index in [1.165, 1.54) is 11.3 Å². The van der Waals surface area contributed by atoms with Crippen molar-refractivity contribution < 1.29 is 5.11 Å². The summed E-state index contributed by atoms with van der Waals surface area (Å²) >= 11 is 4.69. The molecule has 1 heterocycles. The van der Waals surface area contributed by atoms with Gasteiger partial charge in [-0.2, -0.15) is 0 Å². The van der Waals surface area contributed by atoms with Gasteiger partial charge in [0.05, 0.1) is 4.47 Å². The minimum absolute atomic E-state index is 0.192. The van der Waals surface area contributed by atoms with Crippen LogP contribution in [-0.2, 0) is 0 Å². The molecule has 76 valence electrons. The fourth-order valence-electron chi connectivity index (χ4n) is 1.04. The zero-order chi connectivity index (χ0) is 10.7. The van der Waals surface area contributed by atoms with Gasteiger partial charge in [-0.1, -0.05) is 6.07 Å². The summed E-state index contributed by atoms with van der Waals surface area (Å²) in [6, 6.07) is 5.40. The van der Waals surface area contributed by atoms with Crippen LogP contribution in [0, 0.1) is 0 Å². The Morgan fingerprint density at radius 3 is 3.07 bits per heavy atom. The summed E-state index contributed by atoms with van der Waals surface area (Å²) in [7, 11) is 0. The summed E-state index contributed by atoms with van der Waals surface area (Å²) in [5, 5.41) is 12.2. The molecular weight excluding hydrogens is 276 g/mol. The molecule has 0 saturated carbocycles. The molecule has 2 aromatic rings. The van der Waals surface area contributed by atoms with Crippen molar-refractivity contribution in [2.75, 3.05) is 0 Å². The number of rotatable bonds is 2. The number of thiazole rings is 1. The van der Waals surface area contributed by atoms with E-state index in [9.17, 15) is 5.11 Å². The zero-order valence-electron chi connectivity index (χ0n) is 7.59. The van der Waals surface area contributed by atoms with Crippen molar-refractivity contribution in [3.8, 4) is 5.75 Å². The van der Waals surface area contributed by atoms with E-state index in [0.717, 1.165) is 0 Å². The predicted molar refractivity (Wildman–Crippen MR) is 65.2 cm³/mol. The number of nitrogens with zero attached hydrogens (tertiary/aromatic N) is 2. The smallest absolute Gasteiger partial charge is 0.209 e. The molecule has 5 heteroatoms. The largest absolute Gasteiger partial charge is 0.506 e. The number of hydrogen-bond acceptors (Lipinski definition) is 4. The first-order chi connectivity index (χ1) is 7.27. The van der Waals surface area contributed by atoms with E-state index in [-0.39, 0.29) is 5.75 Å². The van der Waals surface area contributed by atoms with Crippen LogP contribution in [-0.4, -0.2) is 16.3 Å². The van der Waals surface area contributed by atoms with Gasteiger partial charge in [0.2, 0.25) is 5.13 Å². The van der Waals surface area contributed by atoms with Crippen molar-refractivity contribution in [3.05, 3.63) is 39.8 Å². The fraction of sp³-hybridized carbons (Fsp3) is 0. The summed E-state index contributed by atoms with van der Waals surface area (Å²) in [6.45, 7) is 0. The SMILES string of the molecule is Oc1c(Br)cccc1/C=N/c1nccs1. The standard InChI is InChI=1S/C10H7BrN2OS/c11-8-3-1-2-7(9(8)14)6-13-10-12-4-5-15-10/h1-6,14H/b13-6+. The van der Waals surface area contributed by atoms with Gasteiger partial charge in [0, 0.05) is 23.4 Å². The molecule has 0 fully saturated rings. The number of benzene rings is 1. The summed E-state index contributed by atoms with van der Waals surface area (Å²) < 4.78 is 0.658. The van der Waals surface area contributed by atoms with Crippen LogP contribution in [0.5, 0.6) is 5.75 Å². The summed E-state index contributed by atoms with van der Waals surface area (Å²) in [6.07, 6.45) is 3.29. The first-order valence-corrected chi connectivity index (χ1v) is 5.85. The topological polar surface area (TPSA) is 45.5 Å². The quantitative estimate of drug-likeness (QED) is 0.859. The molecule has 2 rings (SSSR count). The van der Waals surface area contributed by atoms with Gasteiger partial charge in [-0.25, -0.2) is 9.98 Å². The van der Waals surface area contributed by atoms with Crippen LogP contribution in [0.1, 0.15) is 5.56 Å². The summed E-state index contributed by atoms with van der Waals surface area (Å²) in [5.41, 5.74) is 0.666. The number of phenolic OH excluding ortho intramolecular Hbond substituents is 1. The van der Waals surface area contributed by atoms with Crippen LogP contribution in [0.4, 0.5) is 5.13 Å². The van der Waals surface area contributed by atoms with Crippen molar-refractivity contribution in [2.24, 2.45) is 4.99 Å². The first-order valence-electron chi connectivity index (χ1n) is 4.18. The van der Waals surface area contributed by atoms with Crippen molar-refractivity contribution in [1.29, 1.82) is 0 Å². The summed E-state index contributed by atoms with van der Waals surface area (Å²) in [4.78, 5) is 8.15. The van der Waals surface area contributed by atoms with Gasteiger partial charge in [0.15, 0.2) is 0 Å². The first kappa shape index (κ1) is 10.3. The third-order valence-electron chi connectivity index (χ3n) is 1.75. The van der Waals surface area contributed by atoms with Crippen molar-refractivity contribution in [3.63, 3.8) is 0 Å². The van der Waals surface area contributed by atoms with Crippen molar-refractivity contribution in [2.45, 2.75) is 0 Å². The van der Waals surface area contributed by atoms with Gasteiger partial charge in [-0.05, 0) is 28.1 Å². The summed E-state index contributed by atoms with van der Waals surface area (Å²) in [5.74, 6) is 0.192. The van der Waals surface area contributed by atoms with Crippen molar-refractivity contribution in [1.82, 2.24) is 4.98 Å². The highest BCUT2D eigenvalue weighted by Gasteiger charge is 2.01. The highest BCUT2D eigenvalue weighted by molar-refractivity contribution is 9.10. The number of aliphatic imine (C=N–C) groups is 1. The molecule has 0 radical (unpaired) electrons. The molecule has 1 aromatic heterocycles. The van der Waals surface area contributed by atoms with E-state index in [1.54, 1.807) is 24.5 Å². The van der Waals surface area contributed by atoms with Gasteiger partial charge in [-0.15, -0.1) is 11.3 Å². The molecule has 0 amide bonds. The number of aromatic nitrogens is 1. The zero-order valence-corrected chi connectivity index (χ0v) is 9.99. The number of phenols is 1. The molecule has 0 aliphatic heterocycles. The maximum atomic E-state index is 9.67. The van der Waals surface area contributed by atoms with Gasteiger partial charge in [0.1, 0.15) is 5.75 Å². The van der Waals surface area contributed by atoms with E-state index in [0.29, 0.717) is 15.2 Å². The molecule has 0 bridgehead atoms. The van der Waals surface area contributed by atoms with E-state index >= 15 is 0 Å². The fourth-order valence-corrected chi connectivity index (χ4v) is 1.90. The van der Waals surface area contributed by atoms with E-state index < -0.39 is 0 Å². The molecule has 0 spiro atoms. The number of aromatic hydroxyl groups is 1. The lowest BCUT2D eigenvalue weighted by Gasteiger charge is -1.99. The Balaban J connectivity index is 2.28. The van der Waals surface area contributed by atoms with Crippen LogP contribution in [0.15, 0.2) is 39.2 Å². The molecule has 3 nitrogen and oxygen atoms in total. The third kappa shape index (κ3) is 2.43. The molecule has 15 heavy (non-hydrogen) atoms. The second kappa shape index (κ2) is 4.55. The van der Waals surface area contributed by atoms with Crippen molar-refractivity contribution >= 4 is 38.6 Å². The Morgan fingerprint density at radius 2 is 2.33 bits per heavy atom. The minimum atomic E-state index is 0.192. The number of para-hydroxylation sites is 1. The van der Waals surface area contributed by atoms with E-state index in [2.05, 4.69) is 25.9 Å². The monoisotopic (exact) mass is 282 g/mol. The Bertz CT molecular complexity index is 482. The molecule has 0 aliphatic carbocycles. The van der Waals surface area contributed by atoms with Crippen LogP contribution >= 0.6 is 27.3 Å². The Labute approximate surface area is 99.3 Å². The molecular formula is C10H7BrN2OS. The van der Waals surface area contributed by atoms with Gasteiger partial charge < -0.3 is 5.11 Å². The Kier molecular flexibility index (Phi) is 3.13. The lowest BCUT2D eigenvalue weighted by Crippen LogP contribution is -1.82. The third-order valence-corrected chi connectivity index (χ3v) is 3.07. The molecule has 0 atom stereocenters. The molecule has 0 unspecified atom stereocenters. The average molecular weight is 283 g/mol. The molecule has 1 aromatic carbocycles. The second-order valence-electron chi connectivity index (χ2n) is 2.75. The minimum Gasteiger partial charge on any atom is -0.506 e. The number of halogens is 1. The Morgan fingerprint density at radius 1 is 1.47 bits per heavy atom. The maximum Gasteiger partial charge on any atom is 0.209 e. The molecule has 0 aliphatic rings.